The Morgan fingerprint density at radius 1 is 1.39 bits per heavy atom. The van der Waals surface area contributed by atoms with E-state index in [1.165, 1.54) is 18.2 Å². The molecule has 0 saturated carbocycles. The second-order valence-electron chi connectivity index (χ2n) is 3.30. The van der Waals surface area contributed by atoms with Crippen molar-refractivity contribution < 1.29 is 27.8 Å². The summed E-state index contributed by atoms with van der Waals surface area (Å²) in [4.78, 5) is 10.5. The molecule has 18 heavy (non-hydrogen) atoms. The molecule has 1 N–H and O–H groups in total. The number of alkyl halides is 3. The van der Waals surface area contributed by atoms with Crippen molar-refractivity contribution >= 4 is 29.2 Å². The molecule has 0 aliphatic heterocycles. The SMILES string of the molecule is O=C(O)C(COc1cccc(Cl)c1Cl)C(F)(F)F. The first-order valence-corrected chi connectivity index (χ1v) is 5.35. The highest BCUT2D eigenvalue weighted by Gasteiger charge is 2.45. The molecule has 0 radical (unpaired) electrons. The zero-order valence-corrected chi connectivity index (χ0v) is 10.2. The molecule has 0 bridgehead atoms. The fourth-order valence-corrected chi connectivity index (χ4v) is 1.42. The van der Waals surface area contributed by atoms with Crippen LogP contribution in [0, 0.1) is 5.92 Å². The van der Waals surface area contributed by atoms with Crippen LogP contribution in [0.15, 0.2) is 18.2 Å². The van der Waals surface area contributed by atoms with Crippen molar-refractivity contribution in [1.82, 2.24) is 0 Å². The van der Waals surface area contributed by atoms with Crippen molar-refractivity contribution in [1.29, 1.82) is 0 Å². The highest BCUT2D eigenvalue weighted by molar-refractivity contribution is 6.42. The lowest BCUT2D eigenvalue weighted by Crippen LogP contribution is -2.35. The van der Waals surface area contributed by atoms with Crippen molar-refractivity contribution in [2.45, 2.75) is 6.18 Å². The van der Waals surface area contributed by atoms with E-state index in [4.69, 9.17) is 33.0 Å². The number of halogens is 5. The third kappa shape index (κ3) is 3.68. The first-order valence-electron chi connectivity index (χ1n) is 4.60. The van der Waals surface area contributed by atoms with E-state index >= 15 is 0 Å². The van der Waals surface area contributed by atoms with E-state index in [0.717, 1.165) is 0 Å². The van der Waals surface area contributed by atoms with Crippen LogP contribution in [-0.2, 0) is 4.79 Å². The van der Waals surface area contributed by atoms with Crippen molar-refractivity contribution in [3.63, 3.8) is 0 Å². The normalized spacial score (nSPS) is 13.2. The van der Waals surface area contributed by atoms with Crippen LogP contribution in [-0.4, -0.2) is 23.9 Å². The molecule has 1 aromatic carbocycles. The van der Waals surface area contributed by atoms with E-state index in [1.807, 2.05) is 0 Å². The fraction of sp³-hybridized carbons (Fsp3) is 0.300. The second-order valence-corrected chi connectivity index (χ2v) is 4.08. The van der Waals surface area contributed by atoms with Crippen LogP contribution in [0.5, 0.6) is 5.75 Å². The molecule has 0 aliphatic rings. The number of rotatable bonds is 4. The van der Waals surface area contributed by atoms with E-state index < -0.39 is 24.7 Å². The van der Waals surface area contributed by atoms with Crippen LogP contribution in [0.25, 0.3) is 0 Å². The van der Waals surface area contributed by atoms with Crippen LogP contribution in [0.2, 0.25) is 10.0 Å². The molecule has 0 fully saturated rings. The highest BCUT2D eigenvalue weighted by atomic mass is 35.5. The summed E-state index contributed by atoms with van der Waals surface area (Å²) >= 11 is 11.3. The Balaban J connectivity index is 2.80. The van der Waals surface area contributed by atoms with E-state index in [1.54, 1.807) is 0 Å². The molecule has 0 aromatic heterocycles. The minimum atomic E-state index is -4.89. The Bertz CT molecular complexity index is 448. The van der Waals surface area contributed by atoms with Gasteiger partial charge in [-0.3, -0.25) is 4.79 Å². The molecule has 1 rings (SSSR count). The van der Waals surface area contributed by atoms with Gasteiger partial charge in [0.25, 0.3) is 0 Å². The average molecular weight is 303 g/mol. The number of hydrogen-bond donors (Lipinski definition) is 1. The Morgan fingerprint density at radius 3 is 2.50 bits per heavy atom. The van der Waals surface area contributed by atoms with Gasteiger partial charge in [0, 0.05) is 0 Å². The van der Waals surface area contributed by atoms with Crippen molar-refractivity contribution in [2.24, 2.45) is 5.92 Å². The molecule has 0 spiro atoms. The molecule has 1 unspecified atom stereocenters. The largest absolute Gasteiger partial charge is 0.491 e. The molecule has 100 valence electrons. The summed E-state index contributed by atoms with van der Waals surface area (Å²) in [5, 5.41) is 8.49. The number of benzene rings is 1. The lowest BCUT2D eigenvalue weighted by Gasteiger charge is -2.17. The monoisotopic (exact) mass is 302 g/mol. The van der Waals surface area contributed by atoms with Crippen LogP contribution in [0.1, 0.15) is 0 Å². The molecule has 3 nitrogen and oxygen atoms in total. The molecular weight excluding hydrogens is 296 g/mol. The zero-order valence-electron chi connectivity index (χ0n) is 8.67. The number of ether oxygens (including phenoxy) is 1. The molecular formula is C10H7Cl2F3O3. The molecule has 8 heteroatoms. The van der Waals surface area contributed by atoms with Gasteiger partial charge in [-0.05, 0) is 12.1 Å². The smallest absolute Gasteiger partial charge is 0.405 e. The molecule has 1 atom stereocenters. The van der Waals surface area contributed by atoms with Gasteiger partial charge in [-0.25, -0.2) is 0 Å². The highest BCUT2D eigenvalue weighted by Crippen LogP contribution is 2.33. The van der Waals surface area contributed by atoms with Crippen molar-refractivity contribution in [3.05, 3.63) is 28.2 Å². The van der Waals surface area contributed by atoms with Crippen molar-refractivity contribution in [2.75, 3.05) is 6.61 Å². The van der Waals surface area contributed by atoms with Gasteiger partial charge in [0.2, 0.25) is 0 Å². The van der Waals surface area contributed by atoms with Crippen LogP contribution in [0.4, 0.5) is 13.2 Å². The third-order valence-corrected chi connectivity index (χ3v) is 2.82. The van der Waals surface area contributed by atoms with E-state index in [9.17, 15) is 18.0 Å². The van der Waals surface area contributed by atoms with E-state index in [0.29, 0.717) is 0 Å². The average Bonchev–Trinajstić information content (AvgIpc) is 2.22. The fourth-order valence-electron chi connectivity index (χ4n) is 1.07. The Labute approximate surface area is 110 Å². The summed E-state index contributed by atoms with van der Waals surface area (Å²) in [6, 6.07) is 4.14. The maximum absolute atomic E-state index is 12.3. The summed E-state index contributed by atoms with van der Waals surface area (Å²) < 4.78 is 41.8. The zero-order chi connectivity index (χ0) is 13.9. The van der Waals surface area contributed by atoms with Gasteiger partial charge in [0.1, 0.15) is 17.4 Å². The quantitative estimate of drug-likeness (QED) is 0.924. The topological polar surface area (TPSA) is 46.5 Å². The van der Waals surface area contributed by atoms with Gasteiger partial charge >= 0.3 is 12.1 Å². The maximum atomic E-state index is 12.3. The van der Waals surface area contributed by atoms with Gasteiger partial charge in [-0.2, -0.15) is 13.2 Å². The van der Waals surface area contributed by atoms with Gasteiger partial charge in [-0.1, -0.05) is 29.3 Å². The molecule has 0 aliphatic carbocycles. The van der Waals surface area contributed by atoms with Gasteiger partial charge in [-0.15, -0.1) is 0 Å². The summed E-state index contributed by atoms with van der Waals surface area (Å²) in [6.45, 7) is -1.07. The molecule has 0 amide bonds. The number of carboxylic acid groups (broad SMARTS) is 1. The van der Waals surface area contributed by atoms with Gasteiger partial charge in [0.15, 0.2) is 5.92 Å². The standard InChI is InChI=1S/C10H7Cl2F3O3/c11-6-2-1-3-7(8(6)12)18-4-5(9(16)17)10(13,14)15/h1-3,5H,4H2,(H,16,17). The summed E-state index contributed by atoms with van der Waals surface area (Å²) in [5.74, 6) is -4.73. The first-order chi connectivity index (χ1) is 8.23. The molecule has 0 heterocycles. The Morgan fingerprint density at radius 2 is 2.00 bits per heavy atom. The van der Waals surface area contributed by atoms with Crippen LogP contribution in [0.3, 0.4) is 0 Å². The van der Waals surface area contributed by atoms with E-state index in [-0.39, 0.29) is 15.8 Å². The predicted octanol–water partition coefficient (Wildman–Crippen LogP) is 3.64. The summed E-state index contributed by atoms with van der Waals surface area (Å²) in [5.41, 5.74) is 0. The molecule has 0 saturated heterocycles. The number of hydrogen-bond acceptors (Lipinski definition) is 2. The lowest BCUT2D eigenvalue weighted by atomic mass is 10.1. The maximum Gasteiger partial charge on any atom is 0.405 e. The van der Waals surface area contributed by atoms with E-state index in [2.05, 4.69) is 0 Å². The Hall–Kier alpha value is -1.14. The number of carbonyl (C=O) groups is 1. The third-order valence-electron chi connectivity index (χ3n) is 2.01. The first kappa shape index (κ1) is 14.9. The van der Waals surface area contributed by atoms with Crippen LogP contribution < -0.4 is 4.74 Å². The Kier molecular flexibility index (Phi) is 4.70. The van der Waals surface area contributed by atoms with Gasteiger partial charge in [0.05, 0.1) is 5.02 Å². The number of aliphatic carboxylic acids is 1. The minimum absolute atomic E-state index is 0.0644. The molecule has 1 aromatic rings. The van der Waals surface area contributed by atoms with Crippen molar-refractivity contribution in [3.8, 4) is 5.75 Å². The van der Waals surface area contributed by atoms with Crippen LogP contribution >= 0.6 is 23.2 Å². The van der Waals surface area contributed by atoms with Gasteiger partial charge < -0.3 is 9.84 Å². The summed E-state index contributed by atoms with van der Waals surface area (Å²) in [7, 11) is 0. The lowest BCUT2D eigenvalue weighted by molar-refractivity contribution is -0.198. The number of carboxylic acids is 1. The summed E-state index contributed by atoms with van der Waals surface area (Å²) in [6.07, 6.45) is -4.89. The minimum Gasteiger partial charge on any atom is -0.491 e. The second kappa shape index (κ2) is 5.67. The predicted molar refractivity (Wildman–Crippen MR) is 59.1 cm³/mol.